The smallest absolute Gasteiger partial charge is 0.292 e. The normalized spacial score (nSPS) is 11.8. The van der Waals surface area contributed by atoms with Gasteiger partial charge in [-0.2, -0.15) is 26.3 Å². The van der Waals surface area contributed by atoms with Crippen molar-refractivity contribution in [2.45, 2.75) is 26.2 Å². The molecule has 0 aliphatic rings. The van der Waals surface area contributed by atoms with Gasteiger partial charge in [0, 0.05) is 12.4 Å². The van der Waals surface area contributed by atoms with Gasteiger partial charge in [-0.15, -0.1) is 0 Å². The maximum atomic E-state index is 13.1. The van der Waals surface area contributed by atoms with Crippen LogP contribution in [0.25, 0.3) is 11.3 Å². The fourth-order valence-electron chi connectivity index (χ4n) is 3.66. The summed E-state index contributed by atoms with van der Waals surface area (Å²) in [5.74, 6) is 11.1. The summed E-state index contributed by atoms with van der Waals surface area (Å²) in [6.45, 7) is 3.27. The van der Waals surface area contributed by atoms with E-state index in [1.165, 1.54) is 33.3 Å². The number of hydrogen-bond acceptors (Lipinski definition) is 4. The van der Waals surface area contributed by atoms with Gasteiger partial charge in [0.05, 0.1) is 34.9 Å². The molecule has 0 atom stereocenters. The third kappa shape index (κ3) is 4.76. The Morgan fingerprint density at radius 2 is 1.00 bits per heavy atom. The molecule has 38 heavy (non-hydrogen) atoms. The average molecular weight is 524 g/mol. The number of fused-ring (bicyclic) bond motifs is 2. The number of imidazole rings is 2. The van der Waals surface area contributed by atoms with Crippen LogP contribution in [-0.4, -0.2) is 28.7 Å². The Balaban J connectivity index is 1.43. The molecule has 0 fully saturated rings. The first-order chi connectivity index (χ1) is 17.9. The van der Waals surface area contributed by atoms with Crippen LogP contribution in [0, 0.1) is 37.5 Å². The minimum Gasteiger partial charge on any atom is -0.292 e. The molecule has 0 radical (unpaired) electrons. The first kappa shape index (κ1) is 24.8. The van der Waals surface area contributed by atoms with Crippen molar-refractivity contribution in [2.24, 2.45) is 0 Å². The molecule has 5 rings (SSSR count). The SMILES string of the molecule is Cc1nc2ccc(C(F)(F)F)cn2c1C#Cc1cnc(C#Cc2c(C)nc3ccc(C(F)(F)F)cn23)cn1. The fraction of sp³-hybridized carbons (Fsp3) is 0.154. The van der Waals surface area contributed by atoms with Crippen LogP contribution in [0.4, 0.5) is 26.3 Å². The Kier molecular flexibility index (Phi) is 5.83. The lowest BCUT2D eigenvalue weighted by molar-refractivity contribution is -0.138. The second-order valence-corrected chi connectivity index (χ2v) is 8.17. The summed E-state index contributed by atoms with van der Waals surface area (Å²) in [6.07, 6.45) is -4.49. The topological polar surface area (TPSA) is 60.4 Å². The number of aryl methyl sites for hydroxylation is 2. The molecule has 190 valence electrons. The van der Waals surface area contributed by atoms with Crippen molar-refractivity contribution in [3.63, 3.8) is 0 Å². The molecule has 5 heterocycles. The van der Waals surface area contributed by atoms with Crippen molar-refractivity contribution in [1.82, 2.24) is 28.7 Å². The highest BCUT2D eigenvalue weighted by atomic mass is 19.4. The van der Waals surface area contributed by atoms with E-state index in [2.05, 4.69) is 43.6 Å². The molecule has 0 N–H and O–H groups in total. The van der Waals surface area contributed by atoms with Crippen LogP contribution in [0.2, 0.25) is 0 Å². The highest BCUT2D eigenvalue weighted by Crippen LogP contribution is 2.30. The van der Waals surface area contributed by atoms with E-state index in [1.807, 2.05) is 0 Å². The molecular weight excluding hydrogens is 510 g/mol. The first-order valence-corrected chi connectivity index (χ1v) is 10.9. The molecule has 0 aromatic carbocycles. The van der Waals surface area contributed by atoms with E-state index in [9.17, 15) is 26.3 Å². The summed E-state index contributed by atoms with van der Waals surface area (Å²) >= 11 is 0. The number of nitrogens with zero attached hydrogens (tertiary/aromatic N) is 6. The lowest BCUT2D eigenvalue weighted by Crippen LogP contribution is -2.06. The minimum atomic E-state index is -4.51. The van der Waals surface area contributed by atoms with Gasteiger partial charge in [0.15, 0.2) is 0 Å². The Hall–Kier alpha value is -4.84. The zero-order chi connectivity index (χ0) is 27.2. The van der Waals surface area contributed by atoms with Crippen molar-refractivity contribution in [2.75, 3.05) is 0 Å². The predicted octanol–water partition coefficient (Wildman–Crippen LogP) is 5.23. The van der Waals surface area contributed by atoms with Gasteiger partial charge in [0.1, 0.15) is 34.1 Å². The Morgan fingerprint density at radius 1 is 0.605 bits per heavy atom. The largest absolute Gasteiger partial charge is 0.417 e. The summed E-state index contributed by atoms with van der Waals surface area (Å²) < 4.78 is 81.2. The number of pyridine rings is 2. The van der Waals surface area contributed by atoms with E-state index in [4.69, 9.17) is 0 Å². The van der Waals surface area contributed by atoms with Crippen molar-refractivity contribution in [3.8, 4) is 23.7 Å². The first-order valence-electron chi connectivity index (χ1n) is 10.9. The van der Waals surface area contributed by atoms with Crippen LogP contribution in [0.5, 0.6) is 0 Å². The second kappa shape index (κ2) is 8.92. The lowest BCUT2D eigenvalue weighted by Gasteiger charge is -2.06. The van der Waals surface area contributed by atoms with Gasteiger partial charge in [-0.1, -0.05) is 0 Å². The molecule has 0 aliphatic heterocycles. The lowest BCUT2D eigenvalue weighted by atomic mass is 10.2. The quantitative estimate of drug-likeness (QED) is 0.206. The van der Waals surface area contributed by atoms with Crippen LogP contribution >= 0.6 is 0 Å². The van der Waals surface area contributed by atoms with Crippen LogP contribution in [0.15, 0.2) is 49.1 Å². The predicted molar refractivity (Wildman–Crippen MR) is 124 cm³/mol. The number of aromatic nitrogens is 6. The zero-order valence-electron chi connectivity index (χ0n) is 19.6. The van der Waals surface area contributed by atoms with Crippen molar-refractivity contribution < 1.29 is 26.3 Å². The summed E-state index contributed by atoms with van der Waals surface area (Å²) in [5.41, 5.74) is 0.899. The molecule has 5 aromatic rings. The van der Waals surface area contributed by atoms with E-state index in [-0.39, 0.29) is 22.8 Å². The van der Waals surface area contributed by atoms with Gasteiger partial charge in [-0.3, -0.25) is 8.80 Å². The average Bonchev–Trinajstić information content (AvgIpc) is 3.34. The monoisotopic (exact) mass is 524 g/mol. The van der Waals surface area contributed by atoms with Gasteiger partial charge < -0.3 is 0 Å². The van der Waals surface area contributed by atoms with E-state index in [0.717, 1.165) is 24.5 Å². The summed E-state index contributed by atoms with van der Waals surface area (Å²) in [4.78, 5) is 16.8. The summed E-state index contributed by atoms with van der Waals surface area (Å²) in [5, 5.41) is 0. The summed E-state index contributed by atoms with van der Waals surface area (Å²) in [6, 6.07) is 4.44. The number of hydrogen-bond donors (Lipinski definition) is 0. The van der Waals surface area contributed by atoms with Gasteiger partial charge in [0.2, 0.25) is 0 Å². The highest BCUT2D eigenvalue weighted by molar-refractivity contribution is 5.52. The number of rotatable bonds is 0. The van der Waals surface area contributed by atoms with Gasteiger partial charge in [0.25, 0.3) is 0 Å². The molecule has 0 spiro atoms. The van der Waals surface area contributed by atoms with Gasteiger partial charge in [-0.05, 0) is 61.8 Å². The maximum absolute atomic E-state index is 13.1. The minimum absolute atomic E-state index is 0.234. The van der Waals surface area contributed by atoms with Crippen molar-refractivity contribution >= 4 is 11.3 Å². The van der Waals surface area contributed by atoms with Gasteiger partial charge in [-0.25, -0.2) is 19.9 Å². The Bertz CT molecular complexity index is 1690. The van der Waals surface area contributed by atoms with Crippen molar-refractivity contribution in [1.29, 1.82) is 0 Å². The van der Waals surface area contributed by atoms with Crippen LogP contribution in [-0.2, 0) is 12.4 Å². The van der Waals surface area contributed by atoms with Crippen LogP contribution < -0.4 is 0 Å². The van der Waals surface area contributed by atoms with Crippen LogP contribution in [0.1, 0.15) is 45.3 Å². The van der Waals surface area contributed by atoms with E-state index < -0.39 is 23.5 Å². The van der Waals surface area contributed by atoms with Crippen LogP contribution in [0.3, 0.4) is 0 Å². The maximum Gasteiger partial charge on any atom is 0.417 e. The Labute approximate surface area is 211 Å². The van der Waals surface area contributed by atoms with E-state index >= 15 is 0 Å². The molecule has 0 amide bonds. The molecular formula is C26H14F6N6. The van der Waals surface area contributed by atoms with E-state index in [0.29, 0.717) is 22.7 Å². The third-order valence-corrected chi connectivity index (χ3v) is 5.51. The summed E-state index contributed by atoms with van der Waals surface area (Å²) in [7, 11) is 0. The number of alkyl halides is 6. The third-order valence-electron chi connectivity index (χ3n) is 5.51. The molecule has 12 heteroatoms. The number of halogens is 6. The van der Waals surface area contributed by atoms with Crippen molar-refractivity contribution in [3.05, 3.63) is 94.3 Å². The molecule has 5 aromatic heterocycles. The van der Waals surface area contributed by atoms with E-state index in [1.54, 1.807) is 13.8 Å². The van der Waals surface area contributed by atoms with Gasteiger partial charge >= 0.3 is 12.4 Å². The molecule has 6 nitrogen and oxygen atoms in total. The molecule has 0 bridgehead atoms. The zero-order valence-corrected chi connectivity index (χ0v) is 19.6. The molecule has 0 unspecified atom stereocenters. The second-order valence-electron chi connectivity index (χ2n) is 8.17. The standard InChI is InChI=1S/C26H14F6N6/c1-15-21(37-13-17(25(27,28)29)3-9-23(37)35-15)7-5-19-11-34-20(12-33-19)6-8-22-16(2)36-24-10-4-18(14-38(22)24)26(30,31)32/h3-4,9-14H,1-2H3. The highest BCUT2D eigenvalue weighted by Gasteiger charge is 2.32. The molecule has 0 saturated heterocycles. The fourth-order valence-corrected chi connectivity index (χ4v) is 3.66. The Morgan fingerprint density at radius 3 is 1.34 bits per heavy atom. The molecule has 0 aliphatic carbocycles. The molecule has 0 saturated carbocycles.